The molecule has 8 nitrogen and oxygen atoms in total. The zero-order valence-electron chi connectivity index (χ0n) is 27.1. The van der Waals surface area contributed by atoms with E-state index < -0.39 is 29.7 Å². The SMILES string of the molecule is CCCCN(C(=O)C(Cc1ccc(O)cc1)NC(=O)OC(C)(C)C)C(C(=O)Nc1c(C)cccc1C)c1ccc(CC)cc1. The number of para-hydroxylation sites is 1. The van der Waals surface area contributed by atoms with Gasteiger partial charge in [-0.2, -0.15) is 0 Å². The van der Waals surface area contributed by atoms with Crippen LogP contribution in [0.25, 0.3) is 0 Å². The van der Waals surface area contributed by atoms with E-state index in [1.807, 2.05) is 63.2 Å². The van der Waals surface area contributed by atoms with E-state index in [2.05, 4.69) is 17.6 Å². The van der Waals surface area contributed by atoms with E-state index in [-0.39, 0.29) is 18.1 Å². The van der Waals surface area contributed by atoms with Gasteiger partial charge in [0.25, 0.3) is 5.91 Å². The molecule has 2 unspecified atom stereocenters. The molecule has 8 heteroatoms. The lowest BCUT2D eigenvalue weighted by molar-refractivity contribution is -0.140. The first kappa shape index (κ1) is 34.2. The number of ether oxygens (including phenoxy) is 1. The predicted octanol–water partition coefficient (Wildman–Crippen LogP) is 7.02. The Labute approximate surface area is 261 Å². The van der Waals surface area contributed by atoms with E-state index in [1.54, 1.807) is 37.8 Å². The summed E-state index contributed by atoms with van der Waals surface area (Å²) in [4.78, 5) is 43.4. The summed E-state index contributed by atoms with van der Waals surface area (Å²) >= 11 is 0. The molecule has 0 radical (unpaired) electrons. The summed E-state index contributed by atoms with van der Waals surface area (Å²) in [6.07, 6.45) is 1.71. The fourth-order valence-electron chi connectivity index (χ4n) is 5.02. The molecule has 0 fully saturated rings. The normalized spacial score (nSPS) is 12.6. The van der Waals surface area contributed by atoms with Gasteiger partial charge < -0.3 is 25.4 Å². The zero-order valence-corrected chi connectivity index (χ0v) is 27.1. The van der Waals surface area contributed by atoms with Crippen LogP contribution in [0.5, 0.6) is 5.75 Å². The van der Waals surface area contributed by atoms with Crippen LogP contribution in [0.4, 0.5) is 10.5 Å². The van der Waals surface area contributed by atoms with Gasteiger partial charge in [-0.15, -0.1) is 0 Å². The molecule has 0 saturated carbocycles. The number of aryl methyl sites for hydroxylation is 3. The second kappa shape index (κ2) is 15.4. The highest BCUT2D eigenvalue weighted by Gasteiger charge is 2.36. The maximum absolute atomic E-state index is 14.6. The number of nitrogens with zero attached hydrogens (tertiary/aromatic N) is 1. The Morgan fingerprint density at radius 2 is 1.48 bits per heavy atom. The molecule has 0 aliphatic carbocycles. The predicted molar refractivity (Wildman–Crippen MR) is 175 cm³/mol. The van der Waals surface area contributed by atoms with Gasteiger partial charge >= 0.3 is 6.09 Å². The minimum Gasteiger partial charge on any atom is -0.508 e. The fourth-order valence-corrected chi connectivity index (χ4v) is 5.02. The number of nitrogens with one attached hydrogen (secondary N) is 2. The standard InChI is InChI=1S/C36H47N3O5/c1-8-10-22-39(34(42)30(37-35(43)44-36(5,6)7)23-27-16-20-29(40)21-17-27)32(28-18-14-26(9-2)15-19-28)33(41)38-31-24(3)12-11-13-25(31)4/h11-21,30,32,40H,8-10,22-23H2,1-7H3,(H,37,43)(H,38,41). The number of carbonyl (C=O) groups is 3. The monoisotopic (exact) mass is 601 g/mol. The minimum atomic E-state index is -1.03. The lowest BCUT2D eigenvalue weighted by Gasteiger charge is -2.35. The topological polar surface area (TPSA) is 108 Å². The van der Waals surface area contributed by atoms with Crippen molar-refractivity contribution in [1.29, 1.82) is 0 Å². The van der Waals surface area contributed by atoms with Gasteiger partial charge in [-0.3, -0.25) is 9.59 Å². The number of amides is 3. The minimum absolute atomic E-state index is 0.0973. The number of benzene rings is 3. The van der Waals surface area contributed by atoms with Crippen molar-refractivity contribution in [2.45, 2.75) is 91.8 Å². The maximum Gasteiger partial charge on any atom is 0.408 e. The van der Waals surface area contributed by atoms with Gasteiger partial charge in [0.1, 0.15) is 23.4 Å². The Morgan fingerprint density at radius 3 is 2.02 bits per heavy atom. The largest absolute Gasteiger partial charge is 0.508 e. The number of alkyl carbamates (subject to hydrolysis) is 1. The first-order chi connectivity index (χ1) is 20.8. The lowest BCUT2D eigenvalue weighted by Crippen LogP contribution is -2.53. The van der Waals surface area contributed by atoms with E-state index >= 15 is 0 Å². The molecule has 3 aromatic carbocycles. The van der Waals surface area contributed by atoms with Crippen LogP contribution in [0, 0.1) is 13.8 Å². The highest BCUT2D eigenvalue weighted by Crippen LogP contribution is 2.28. The third-order valence-corrected chi connectivity index (χ3v) is 7.39. The number of phenolic OH excluding ortho intramolecular Hbond substituents is 1. The molecule has 0 saturated heterocycles. The molecule has 0 heterocycles. The molecule has 0 bridgehead atoms. The van der Waals surface area contributed by atoms with Gasteiger partial charge in [0.2, 0.25) is 5.91 Å². The molecular weight excluding hydrogens is 554 g/mol. The number of rotatable bonds is 12. The van der Waals surface area contributed by atoms with Crippen LogP contribution in [0.1, 0.15) is 81.3 Å². The third kappa shape index (κ3) is 9.59. The Balaban J connectivity index is 2.09. The average molecular weight is 602 g/mol. The molecule has 3 N–H and O–H groups in total. The highest BCUT2D eigenvalue weighted by molar-refractivity contribution is 6.00. The molecule has 44 heavy (non-hydrogen) atoms. The van der Waals surface area contributed by atoms with Gasteiger partial charge in [-0.25, -0.2) is 4.79 Å². The van der Waals surface area contributed by atoms with E-state index in [9.17, 15) is 19.5 Å². The van der Waals surface area contributed by atoms with E-state index in [0.717, 1.165) is 35.1 Å². The molecule has 236 valence electrons. The van der Waals surface area contributed by atoms with Crippen molar-refractivity contribution in [3.05, 3.63) is 94.5 Å². The summed E-state index contributed by atoms with van der Waals surface area (Å²) < 4.78 is 5.52. The first-order valence-electron chi connectivity index (χ1n) is 15.4. The zero-order chi connectivity index (χ0) is 32.4. The van der Waals surface area contributed by atoms with Crippen LogP contribution in [0.3, 0.4) is 0 Å². The number of carbonyl (C=O) groups excluding carboxylic acids is 3. The lowest BCUT2D eigenvalue weighted by atomic mass is 9.98. The Morgan fingerprint density at radius 1 is 0.886 bits per heavy atom. The molecule has 2 atom stereocenters. The van der Waals surface area contributed by atoms with Gasteiger partial charge in [-0.1, -0.05) is 74.9 Å². The number of unbranched alkanes of at least 4 members (excludes halogenated alkanes) is 1. The number of hydrogen-bond acceptors (Lipinski definition) is 5. The van der Waals surface area contributed by atoms with Crippen molar-refractivity contribution in [1.82, 2.24) is 10.2 Å². The van der Waals surface area contributed by atoms with Crippen LogP contribution >= 0.6 is 0 Å². The van der Waals surface area contributed by atoms with Crippen LogP contribution in [-0.2, 0) is 27.2 Å². The second-order valence-corrected chi connectivity index (χ2v) is 12.2. The summed E-state index contributed by atoms with van der Waals surface area (Å²) in [6.45, 7) is 13.5. The molecule has 0 aliphatic rings. The number of hydrogen-bond donors (Lipinski definition) is 3. The quantitative estimate of drug-likeness (QED) is 0.207. The van der Waals surface area contributed by atoms with E-state index in [4.69, 9.17) is 4.74 Å². The van der Waals surface area contributed by atoms with Crippen molar-refractivity contribution in [3.8, 4) is 5.75 Å². The summed E-state index contributed by atoms with van der Waals surface area (Å²) in [7, 11) is 0. The van der Waals surface area contributed by atoms with E-state index in [1.165, 1.54) is 12.1 Å². The molecule has 3 rings (SSSR count). The molecule has 3 amide bonds. The number of phenols is 1. The Kier molecular flexibility index (Phi) is 12.0. The smallest absolute Gasteiger partial charge is 0.408 e. The van der Waals surface area contributed by atoms with Crippen LogP contribution < -0.4 is 10.6 Å². The molecule has 3 aromatic rings. The Hall–Kier alpha value is -4.33. The van der Waals surface area contributed by atoms with Gasteiger partial charge in [0, 0.05) is 18.7 Å². The third-order valence-electron chi connectivity index (χ3n) is 7.39. The number of aromatic hydroxyl groups is 1. The first-order valence-corrected chi connectivity index (χ1v) is 15.4. The van der Waals surface area contributed by atoms with Crippen LogP contribution in [-0.4, -0.2) is 46.1 Å². The number of anilines is 1. The molecule has 0 spiro atoms. The van der Waals surface area contributed by atoms with Gasteiger partial charge in [0.05, 0.1) is 0 Å². The average Bonchev–Trinajstić information content (AvgIpc) is 2.96. The van der Waals surface area contributed by atoms with Crippen molar-refractivity contribution in [2.24, 2.45) is 0 Å². The van der Waals surface area contributed by atoms with Crippen molar-refractivity contribution in [2.75, 3.05) is 11.9 Å². The second-order valence-electron chi connectivity index (χ2n) is 12.2. The van der Waals surface area contributed by atoms with Crippen LogP contribution in [0.2, 0.25) is 0 Å². The summed E-state index contributed by atoms with van der Waals surface area (Å²) in [5, 5.41) is 15.7. The molecule has 0 aliphatic heterocycles. The summed E-state index contributed by atoms with van der Waals surface area (Å²) in [6, 6.07) is 18.1. The molecule has 0 aromatic heterocycles. The highest BCUT2D eigenvalue weighted by atomic mass is 16.6. The summed E-state index contributed by atoms with van der Waals surface area (Å²) in [5.74, 6) is -0.643. The van der Waals surface area contributed by atoms with Crippen molar-refractivity contribution < 1.29 is 24.2 Å². The van der Waals surface area contributed by atoms with Crippen molar-refractivity contribution in [3.63, 3.8) is 0 Å². The van der Waals surface area contributed by atoms with Gasteiger partial charge in [-0.05, 0) is 87.4 Å². The summed E-state index contributed by atoms with van der Waals surface area (Å²) in [5.41, 5.74) is 4.30. The van der Waals surface area contributed by atoms with Gasteiger partial charge in [0.15, 0.2) is 0 Å². The van der Waals surface area contributed by atoms with Crippen molar-refractivity contribution >= 4 is 23.6 Å². The fraction of sp³-hybridized carbons (Fsp3) is 0.417. The Bertz CT molecular complexity index is 1390. The van der Waals surface area contributed by atoms with E-state index in [0.29, 0.717) is 24.2 Å². The molecular formula is C36H47N3O5. The maximum atomic E-state index is 14.6. The van der Waals surface area contributed by atoms with Crippen LogP contribution in [0.15, 0.2) is 66.7 Å².